The second-order valence-corrected chi connectivity index (χ2v) is 19.3. The third-order valence-electron chi connectivity index (χ3n) is 12.0. The quantitative estimate of drug-likeness (QED) is 0.0861. The summed E-state index contributed by atoms with van der Waals surface area (Å²) in [5.74, 6) is 1.58. The molecule has 1 radical (unpaired) electrons. The first-order valence-corrected chi connectivity index (χ1v) is 21.1. The van der Waals surface area contributed by atoms with Crippen LogP contribution < -0.4 is 0 Å². The molecule has 1 aliphatic rings. The molecule has 287 valence electrons. The van der Waals surface area contributed by atoms with Gasteiger partial charge in [0.15, 0.2) is 5.78 Å². The van der Waals surface area contributed by atoms with E-state index < -0.39 is 0 Å². The largest absolute Gasteiger partial charge is 0.512 e. The normalized spacial score (nSPS) is 16.5. The van der Waals surface area contributed by atoms with Crippen LogP contribution in [-0.2, 0) is 30.3 Å². The van der Waals surface area contributed by atoms with Gasteiger partial charge in [-0.3, -0.25) is 9.78 Å². The molecule has 0 spiro atoms. The summed E-state index contributed by atoms with van der Waals surface area (Å²) in [6.45, 7) is 26.1. The molecule has 0 bridgehead atoms. The minimum atomic E-state index is -0.337. The molecular formula is C47H60IrNO2S2-. The molecule has 2 unspecified atom stereocenters. The molecule has 2 atom stereocenters. The number of carbonyl (C=O) groups excluding carboxylic acids is 1. The third-order valence-corrected chi connectivity index (χ3v) is 14.5. The molecule has 0 saturated heterocycles. The van der Waals surface area contributed by atoms with Crippen LogP contribution in [0.15, 0.2) is 71.5 Å². The first-order valence-electron chi connectivity index (χ1n) is 19.4. The van der Waals surface area contributed by atoms with Crippen molar-refractivity contribution >= 4 is 59.8 Å². The van der Waals surface area contributed by atoms with E-state index in [4.69, 9.17) is 4.98 Å². The monoisotopic (exact) mass is 927 g/mol. The Kier molecular flexibility index (Phi) is 14.0. The predicted octanol–water partition coefficient (Wildman–Crippen LogP) is 14.6. The standard InChI is InChI=1S/C32H32NS2.C15H28O2.Ir/c1-18(2)15-24-19(3)34-26-11-12-27-28(29(24)26)23-13-14-33-30(31(23)35-27)21-16-20-9-7-8-10-22(20)25(17-21)32(4,5)6;1-7-14(5,8-2)12(16)11-13(17)15(6,9-3)10-4;/h7-14,17-19,24H,15H2,1-6H3;11,16H,7-10H2,1-6H3;/q-1;;/b;12-11-;. The van der Waals surface area contributed by atoms with Crippen molar-refractivity contribution in [1.29, 1.82) is 0 Å². The average Bonchev–Trinajstić information content (AvgIpc) is 3.66. The van der Waals surface area contributed by atoms with Gasteiger partial charge in [-0.2, -0.15) is 0 Å². The van der Waals surface area contributed by atoms with E-state index in [1.807, 2.05) is 59.1 Å². The van der Waals surface area contributed by atoms with Crippen molar-refractivity contribution in [3.63, 3.8) is 0 Å². The minimum absolute atomic E-state index is 0. The van der Waals surface area contributed by atoms with E-state index in [0.717, 1.165) is 42.3 Å². The number of hydrogen-bond acceptors (Lipinski definition) is 5. The number of aliphatic hydroxyl groups is 1. The van der Waals surface area contributed by atoms with Crippen LogP contribution in [0.2, 0.25) is 0 Å². The molecule has 0 aliphatic carbocycles. The van der Waals surface area contributed by atoms with Crippen molar-refractivity contribution in [2.75, 3.05) is 0 Å². The summed E-state index contributed by atoms with van der Waals surface area (Å²) in [7, 11) is 0. The van der Waals surface area contributed by atoms with Gasteiger partial charge in [0.1, 0.15) is 5.76 Å². The summed E-state index contributed by atoms with van der Waals surface area (Å²) in [6.07, 6.45) is 8.00. The zero-order valence-corrected chi connectivity index (χ0v) is 38.0. The number of aromatic nitrogens is 1. The van der Waals surface area contributed by atoms with Gasteiger partial charge in [0.25, 0.3) is 0 Å². The van der Waals surface area contributed by atoms with Gasteiger partial charge in [-0.1, -0.05) is 112 Å². The Morgan fingerprint density at radius 3 is 2.17 bits per heavy atom. The molecule has 0 fully saturated rings. The summed E-state index contributed by atoms with van der Waals surface area (Å²) in [4.78, 5) is 18.6. The molecule has 0 amide bonds. The number of rotatable bonds is 10. The van der Waals surface area contributed by atoms with Gasteiger partial charge < -0.3 is 5.11 Å². The van der Waals surface area contributed by atoms with Gasteiger partial charge in [-0.15, -0.1) is 52.2 Å². The molecule has 3 nitrogen and oxygen atoms in total. The van der Waals surface area contributed by atoms with Crippen molar-refractivity contribution < 1.29 is 30.0 Å². The third kappa shape index (κ3) is 8.67. The second kappa shape index (κ2) is 17.1. The maximum atomic E-state index is 12.2. The molecule has 1 N–H and O–H groups in total. The van der Waals surface area contributed by atoms with Gasteiger partial charge >= 0.3 is 0 Å². The smallest absolute Gasteiger partial charge is 0.164 e. The molecule has 1 aliphatic heterocycles. The van der Waals surface area contributed by atoms with Crippen LogP contribution in [0.5, 0.6) is 0 Å². The SMILES string of the molecule is CC(C)CC1c2c(ccc3sc4c(-c5[c-]c6ccccc6c(C(C)(C)C)c5)nccc4c23)SC1C.CCC(C)(CC)C(=O)/C=C(\O)C(C)(CC)CC.[Ir]. The van der Waals surface area contributed by atoms with Crippen molar-refractivity contribution in [3.8, 4) is 11.3 Å². The van der Waals surface area contributed by atoms with E-state index in [1.165, 1.54) is 48.5 Å². The van der Waals surface area contributed by atoms with Crippen LogP contribution in [0.1, 0.15) is 132 Å². The van der Waals surface area contributed by atoms with Gasteiger partial charge in [-0.25, -0.2) is 0 Å². The van der Waals surface area contributed by atoms with Gasteiger partial charge in [0.05, 0.1) is 0 Å². The first-order chi connectivity index (χ1) is 24.5. The van der Waals surface area contributed by atoms with Crippen LogP contribution in [-0.4, -0.2) is 21.1 Å². The van der Waals surface area contributed by atoms with Crippen LogP contribution in [0, 0.1) is 22.8 Å². The number of nitrogens with zero attached hydrogens (tertiary/aromatic N) is 1. The Bertz CT molecular complexity index is 2100. The summed E-state index contributed by atoms with van der Waals surface area (Å²) < 4.78 is 2.67. The molecule has 0 saturated carbocycles. The van der Waals surface area contributed by atoms with E-state index in [1.54, 1.807) is 5.56 Å². The fourth-order valence-electron chi connectivity index (χ4n) is 7.46. The Morgan fingerprint density at radius 2 is 1.57 bits per heavy atom. The molecule has 6 heteroatoms. The number of benzene rings is 3. The number of thiophene rings is 1. The minimum Gasteiger partial charge on any atom is -0.512 e. The van der Waals surface area contributed by atoms with Crippen LogP contribution >= 0.6 is 23.1 Å². The molecule has 3 heterocycles. The van der Waals surface area contributed by atoms with Crippen molar-refractivity contribution in [1.82, 2.24) is 4.98 Å². The van der Waals surface area contributed by atoms with E-state index in [2.05, 4.69) is 108 Å². The number of carbonyl (C=O) groups is 1. The summed E-state index contributed by atoms with van der Waals surface area (Å²) in [5.41, 5.74) is 4.53. The average molecular weight is 927 g/mol. The summed E-state index contributed by atoms with van der Waals surface area (Å²) in [5, 5.41) is 16.0. The zero-order valence-electron chi connectivity index (χ0n) is 34.0. The maximum absolute atomic E-state index is 12.2. The maximum Gasteiger partial charge on any atom is 0.164 e. The topological polar surface area (TPSA) is 50.2 Å². The number of allylic oxidation sites excluding steroid dienone is 2. The number of pyridine rings is 1. The van der Waals surface area contributed by atoms with Crippen molar-refractivity contribution in [3.05, 3.63) is 83.8 Å². The van der Waals surface area contributed by atoms with Crippen molar-refractivity contribution in [2.24, 2.45) is 16.7 Å². The Morgan fingerprint density at radius 1 is 0.925 bits per heavy atom. The van der Waals surface area contributed by atoms with Gasteiger partial charge in [0.2, 0.25) is 0 Å². The Hall–Kier alpha value is -2.50. The molecule has 2 aromatic heterocycles. The van der Waals surface area contributed by atoms with E-state index >= 15 is 0 Å². The zero-order chi connectivity index (χ0) is 38.2. The molecule has 5 aromatic rings. The predicted molar refractivity (Wildman–Crippen MR) is 228 cm³/mol. The Labute approximate surface area is 341 Å². The van der Waals surface area contributed by atoms with E-state index in [9.17, 15) is 9.90 Å². The van der Waals surface area contributed by atoms with Crippen molar-refractivity contribution in [2.45, 2.75) is 137 Å². The number of fused-ring (bicyclic) bond motifs is 6. The number of ketones is 1. The summed E-state index contributed by atoms with van der Waals surface area (Å²) >= 11 is 3.96. The van der Waals surface area contributed by atoms with Crippen LogP contribution in [0.4, 0.5) is 0 Å². The van der Waals surface area contributed by atoms with Gasteiger partial charge in [-0.05, 0) is 78.5 Å². The molecule has 3 aromatic carbocycles. The fourth-order valence-corrected chi connectivity index (χ4v) is 10.0. The summed E-state index contributed by atoms with van der Waals surface area (Å²) in [6, 6.07) is 21.6. The van der Waals surface area contributed by atoms with Crippen LogP contribution in [0.25, 0.3) is 42.2 Å². The van der Waals surface area contributed by atoms with E-state index in [0.29, 0.717) is 17.1 Å². The number of thioether (sulfide) groups is 1. The second-order valence-electron chi connectivity index (χ2n) is 16.9. The van der Waals surface area contributed by atoms with Gasteiger partial charge in [0, 0.05) is 73.8 Å². The Balaban J connectivity index is 0.000000299. The molecule has 53 heavy (non-hydrogen) atoms. The fraction of sp³-hybridized carbons (Fsp3) is 0.489. The number of aliphatic hydroxyl groups excluding tert-OH is 1. The number of hydrogen-bond donors (Lipinski definition) is 1. The first kappa shape index (κ1) is 43.2. The van der Waals surface area contributed by atoms with E-state index in [-0.39, 0.29) is 47.9 Å². The van der Waals surface area contributed by atoms with Crippen LogP contribution in [0.3, 0.4) is 0 Å². The molecular weight excluding hydrogens is 867 g/mol. The molecule has 6 rings (SSSR count).